The Morgan fingerprint density at radius 3 is 1.96 bits per heavy atom. The van der Waals surface area contributed by atoms with Crippen molar-refractivity contribution in [3.05, 3.63) is 145 Å². The second-order valence-corrected chi connectivity index (χ2v) is 21.0. The van der Waals surface area contributed by atoms with Crippen molar-refractivity contribution in [2.24, 2.45) is 0 Å². The van der Waals surface area contributed by atoms with E-state index in [1.54, 1.807) is 6.07 Å². The van der Waals surface area contributed by atoms with Gasteiger partial charge in [-0.25, -0.2) is 0 Å². The summed E-state index contributed by atoms with van der Waals surface area (Å²) in [6.07, 6.45) is 1.85. The zero-order chi connectivity index (χ0) is 37.7. The Bertz CT molecular complexity index is 2640. The summed E-state index contributed by atoms with van der Waals surface area (Å²) >= 11 is 0. The van der Waals surface area contributed by atoms with Crippen molar-refractivity contribution in [3.63, 3.8) is 0 Å². The van der Waals surface area contributed by atoms with E-state index >= 15 is 0 Å². The van der Waals surface area contributed by atoms with Gasteiger partial charge in [0.05, 0.1) is 19.4 Å². The van der Waals surface area contributed by atoms with Crippen LogP contribution in [0.5, 0.6) is 5.75 Å². The van der Waals surface area contributed by atoms with Crippen molar-refractivity contribution >= 4 is 35.2 Å². The zero-order valence-corrected chi connectivity index (χ0v) is 35.6. The molecule has 4 nitrogen and oxygen atoms in total. The molecular weight excluding hydrogens is 872 g/mol. The van der Waals surface area contributed by atoms with Gasteiger partial charge in [0.1, 0.15) is 11.3 Å². The first-order chi connectivity index (χ1) is 26.0. The van der Waals surface area contributed by atoms with Crippen LogP contribution in [0.3, 0.4) is 0 Å². The van der Waals surface area contributed by atoms with Crippen LogP contribution >= 0.6 is 0 Å². The van der Waals surface area contributed by atoms with Gasteiger partial charge >= 0.3 is 0 Å². The number of aromatic nitrogens is 2. The molecule has 55 heavy (non-hydrogen) atoms. The van der Waals surface area contributed by atoms with Crippen LogP contribution < -0.4 is 5.19 Å². The van der Waals surface area contributed by atoms with E-state index in [0.29, 0.717) is 23.1 Å². The van der Waals surface area contributed by atoms with Crippen LogP contribution in [0.2, 0.25) is 19.6 Å². The Hall–Kier alpha value is -5.09. The van der Waals surface area contributed by atoms with Crippen LogP contribution in [-0.2, 0) is 21.1 Å². The second-order valence-electron chi connectivity index (χ2n) is 15.9. The van der Waals surface area contributed by atoms with E-state index < -0.39 is 8.07 Å². The molecule has 0 radical (unpaired) electrons. The van der Waals surface area contributed by atoms with Crippen LogP contribution in [0.4, 0.5) is 0 Å². The summed E-state index contributed by atoms with van der Waals surface area (Å²) in [5.74, 6) is 0.792. The molecule has 0 spiro atoms. The number of hydrogen-bond acceptors (Lipinski definition) is 4. The molecule has 278 valence electrons. The van der Waals surface area contributed by atoms with Crippen molar-refractivity contribution < 1.29 is 30.6 Å². The van der Waals surface area contributed by atoms with Gasteiger partial charge in [0.2, 0.25) is 0 Å². The summed E-state index contributed by atoms with van der Waals surface area (Å²) in [5.41, 5.74) is 13.2. The maximum Gasteiger partial charge on any atom is 0.124 e. The number of hydrogen-bond donors (Lipinski definition) is 1. The molecule has 0 unspecified atom stereocenters. The van der Waals surface area contributed by atoms with Crippen LogP contribution in [0.1, 0.15) is 50.7 Å². The van der Waals surface area contributed by atoms with E-state index in [1.165, 1.54) is 21.9 Å². The smallest absolute Gasteiger partial charge is 0.124 e. The standard InChI is InChI=1S/C49H45N2O2Si.Pt/c1-30(2)39-28-36(54(5,6)7)29-40(31(3)4)48(39)35-26-43(51-45(27-35)38-18-11-13-19-46(38)52)34-23-41-37-17-12-14-20-47(37)53-49(41)42(24-34)44-25-33(21-22-50-44)32-15-9-8-10-16-32;/h8-23,25-31,52H,1-7H3;/q-1;. The van der Waals surface area contributed by atoms with Crippen molar-refractivity contribution in [1.82, 2.24) is 9.97 Å². The molecular formula is C49H45N2O2PtSi-. The molecule has 6 heteroatoms. The third-order valence-corrected chi connectivity index (χ3v) is 12.4. The van der Waals surface area contributed by atoms with Crippen molar-refractivity contribution in [3.8, 4) is 61.8 Å². The second kappa shape index (κ2) is 15.2. The van der Waals surface area contributed by atoms with Crippen LogP contribution in [0.25, 0.3) is 78.0 Å². The van der Waals surface area contributed by atoms with Crippen molar-refractivity contribution in [1.29, 1.82) is 0 Å². The molecule has 0 aliphatic heterocycles. The van der Waals surface area contributed by atoms with E-state index in [-0.39, 0.29) is 26.8 Å². The van der Waals surface area contributed by atoms with Crippen LogP contribution in [0.15, 0.2) is 132 Å². The summed E-state index contributed by atoms with van der Waals surface area (Å²) in [7, 11) is -1.62. The molecule has 1 N–H and O–H groups in total. The van der Waals surface area contributed by atoms with Crippen molar-refractivity contribution in [2.75, 3.05) is 0 Å². The first kappa shape index (κ1) is 38.2. The first-order valence-electron chi connectivity index (χ1n) is 18.8. The number of pyridine rings is 2. The predicted octanol–water partition coefficient (Wildman–Crippen LogP) is 13.0. The molecule has 0 atom stereocenters. The maximum atomic E-state index is 11.2. The molecule has 0 saturated carbocycles. The third kappa shape index (κ3) is 7.36. The summed E-state index contributed by atoms with van der Waals surface area (Å²) in [5, 5.41) is 14.6. The normalized spacial score (nSPS) is 11.8. The molecule has 0 fully saturated rings. The van der Waals surface area contributed by atoms with Gasteiger partial charge in [-0.3, -0.25) is 9.97 Å². The number of aromatic hydroxyl groups is 1. The molecule has 3 aromatic heterocycles. The topological polar surface area (TPSA) is 59.2 Å². The SMILES string of the molecule is CC(C)c1cc([Si](C)(C)C)cc(C(C)C)c1-c1cc(-c2[c-]c(-c3cc(-c4ccccc4)ccn3)c3oc4ccccc4c3c2)nc(-c2ccccc2O)c1.[Pt]. The number of fused-ring (bicyclic) bond motifs is 3. The van der Waals surface area contributed by atoms with Gasteiger partial charge in [-0.2, -0.15) is 0 Å². The van der Waals surface area contributed by atoms with Gasteiger partial charge in [-0.1, -0.05) is 149 Å². The molecule has 0 aliphatic rings. The molecule has 0 amide bonds. The fraction of sp³-hybridized carbons (Fsp3) is 0.184. The number of para-hydroxylation sites is 2. The third-order valence-electron chi connectivity index (χ3n) is 10.4. The van der Waals surface area contributed by atoms with E-state index in [9.17, 15) is 5.11 Å². The summed E-state index contributed by atoms with van der Waals surface area (Å²) < 4.78 is 6.58. The Morgan fingerprint density at radius 2 is 1.27 bits per heavy atom. The molecule has 0 aliphatic carbocycles. The molecule has 8 rings (SSSR count). The number of rotatable bonds is 8. The minimum absolute atomic E-state index is 0. The first-order valence-corrected chi connectivity index (χ1v) is 22.3. The van der Waals surface area contributed by atoms with Gasteiger partial charge in [0, 0.05) is 49.6 Å². The molecule has 5 aromatic carbocycles. The predicted molar refractivity (Wildman–Crippen MR) is 228 cm³/mol. The van der Waals surface area contributed by atoms with Gasteiger partial charge in [0.15, 0.2) is 0 Å². The molecule has 0 bridgehead atoms. The monoisotopic (exact) mass is 916 g/mol. The Kier molecular flexibility index (Phi) is 10.6. The fourth-order valence-corrected chi connectivity index (χ4v) is 8.64. The quantitative estimate of drug-likeness (QED) is 0.122. The Balaban J connectivity index is 0.00000465. The number of nitrogens with zero attached hydrogens (tertiary/aromatic N) is 2. The molecule has 3 heterocycles. The average molecular weight is 917 g/mol. The van der Waals surface area contributed by atoms with Gasteiger partial charge in [-0.15, -0.1) is 12.1 Å². The average Bonchev–Trinajstić information content (AvgIpc) is 3.55. The number of phenolic OH excluding ortho intramolecular Hbond substituents is 1. The van der Waals surface area contributed by atoms with Crippen LogP contribution in [0, 0.1) is 6.07 Å². The van der Waals surface area contributed by atoms with E-state index in [4.69, 9.17) is 14.4 Å². The van der Waals surface area contributed by atoms with E-state index in [1.807, 2.05) is 54.7 Å². The molecule has 0 saturated heterocycles. The van der Waals surface area contributed by atoms with E-state index in [0.717, 1.165) is 61.1 Å². The Morgan fingerprint density at radius 1 is 0.636 bits per heavy atom. The fourth-order valence-electron chi connectivity index (χ4n) is 7.47. The van der Waals surface area contributed by atoms with Crippen molar-refractivity contribution in [2.45, 2.75) is 59.2 Å². The van der Waals surface area contributed by atoms with Gasteiger partial charge in [-0.05, 0) is 80.9 Å². The minimum atomic E-state index is -1.62. The largest absolute Gasteiger partial charge is 0.507 e. The van der Waals surface area contributed by atoms with Crippen LogP contribution in [-0.4, -0.2) is 23.1 Å². The summed E-state index contributed by atoms with van der Waals surface area (Å²) in [6, 6.07) is 45.3. The number of phenols is 1. The summed E-state index contributed by atoms with van der Waals surface area (Å²) in [6.45, 7) is 16.4. The summed E-state index contributed by atoms with van der Waals surface area (Å²) in [4.78, 5) is 10.2. The van der Waals surface area contributed by atoms with Gasteiger partial charge in [0.25, 0.3) is 0 Å². The Labute approximate surface area is 339 Å². The van der Waals surface area contributed by atoms with E-state index in [2.05, 4.69) is 120 Å². The number of benzene rings is 5. The number of furan rings is 1. The van der Waals surface area contributed by atoms with Gasteiger partial charge < -0.3 is 9.52 Å². The maximum absolute atomic E-state index is 11.2. The molecule has 8 aromatic rings. The zero-order valence-electron chi connectivity index (χ0n) is 32.3. The minimum Gasteiger partial charge on any atom is -0.507 e.